The van der Waals surface area contributed by atoms with Gasteiger partial charge >= 0.3 is 12.3 Å². The van der Waals surface area contributed by atoms with Crippen LogP contribution in [0.4, 0.5) is 17.6 Å². The second-order valence-corrected chi connectivity index (χ2v) is 3.87. The van der Waals surface area contributed by atoms with Crippen LogP contribution in [-0.2, 0) is 17.2 Å². The van der Waals surface area contributed by atoms with Crippen LogP contribution in [0.3, 0.4) is 0 Å². The molecule has 0 aliphatic heterocycles. The molecule has 1 aromatic rings. The van der Waals surface area contributed by atoms with Crippen molar-refractivity contribution < 1.29 is 22.3 Å². The molecule has 0 amide bonds. The minimum Gasteiger partial charge on any atom is -0.367 e. The highest BCUT2D eigenvalue weighted by atomic mass is 35.5. The number of ether oxygens (including phenoxy) is 1. The van der Waals surface area contributed by atoms with E-state index in [-0.39, 0.29) is 18.3 Å². The largest absolute Gasteiger partial charge is 0.367 e. The maximum Gasteiger partial charge on any atom is 0.330 e. The lowest BCUT2D eigenvalue weighted by atomic mass is 10.3. The van der Waals surface area contributed by atoms with E-state index in [9.17, 15) is 17.6 Å². The number of aromatic nitrogens is 2. The van der Waals surface area contributed by atoms with Crippen LogP contribution in [0, 0.1) is 6.92 Å². The number of aryl methyl sites for hydroxylation is 1. The zero-order valence-electron chi connectivity index (χ0n) is 9.47. The Morgan fingerprint density at radius 1 is 1.44 bits per heavy atom. The molecule has 3 nitrogen and oxygen atoms in total. The highest BCUT2D eigenvalue weighted by Gasteiger charge is 2.40. The van der Waals surface area contributed by atoms with Crippen LogP contribution in [0.2, 0.25) is 0 Å². The first-order valence-electron chi connectivity index (χ1n) is 4.98. The molecular formula is C10H11ClF4N2O. The molecule has 0 aromatic carbocycles. The molecule has 0 aliphatic rings. The van der Waals surface area contributed by atoms with Gasteiger partial charge in [0.15, 0.2) is 5.82 Å². The summed E-state index contributed by atoms with van der Waals surface area (Å²) in [6.45, 7) is -0.00210. The van der Waals surface area contributed by atoms with Gasteiger partial charge in [-0.3, -0.25) is 0 Å². The fourth-order valence-electron chi connectivity index (χ4n) is 1.06. The van der Waals surface area contributed by atoms with E-state index in [1.807, 2.05) is 0 Å². The van der Waals surface area contributed by atoms with Gasteiger partial charge in [-0.25, -0.2) is 18.7 Å². The Kier molecular flexibility index (Phi) is 5.28. The van der Waals surface area contributed by atoms with Crippen LogP contribution in [0.5, 0.6) is 0 Å². The highest BCUT2D eigenvalue weighted by molar-refractivity contribution is 6.16. The molecule has 102 valence electrons. The summed E-state index contributed by atoms with van der Waals surface area (Å²) in [6, 6.07) is 0. The minimum absolute atomic E-state index is 0.126. The zero-order chi connectivity index (χ0) is 13.8. The average Bonchev–Trinajstić information content (AvgIpc) is 2.31. The third-order valence-corrected chi connectivity index (χ3v) is 2.35. The first-order valence-corrected chi connectivity index (χ1v) is 5.51. The molecule has 0 unspecified atom stereocenters. The summed E-state index contributed by atoms with van der Waals surface area (Å²) in [4.78, 5) is 7.78. The SMILES string of the molecule is Cc1cnc(COCC(F)(F)C(F)F)nc1CCl. The van der Waals surface area contributed by atoms with Crippen molar-refractivity contribution >= 4 is 11.6 Å². The van der Waals surface area contributed by atoms with Crippen LogP contribution < -0.4 is 0 Å². The summed E-state index contributed by atoms with van der Waals surface area (Å²) in [7, 11) is 0. The van der Waals surface area contributed by atoms with Crippen LogP contribution in [0.1, 0.15) is 17.1 Å². The number of halogens is 5. The first kappa shape index (κ1) is 15.1. The second-order valence-electron chi connectivity index (χ2n) is 3.60. The van der Waals surface area contributed by atoms with Gasteiger partial charge in [-0.05, 0) is 12.5 Å². The van der Waals surface area contributed by atoms with Gasteiger partial charge in [0.05, 0.1) is 11.6 Å². The smallest absolute Gasteiger partial charge is 0.330 e. The molecule has 1 heterocycles. The van der Waals surface area contributed by atoms with Crippen molar-refractivity contribution in [3.63, 3.8) is 0 Å². The van der Waals surface area contributed by atoms with Crippen molar-refractivity contribution in [3.05, 3.63) is 23.3 Å². The number of rotatable bonds is 6. The monoisotopic (exact) mass is 286 g/mol. The van der Waals surface area contributed by atoms with E-state index in [0.717, 1.165) is 5.56 Å². The lowest BCUT2D eigenvalue weighted by Crippen LogP contribution is -2.32. The van der Waals surface area contributed by atoms with Crippen molar-refractivity contribution in [2.24, 2.45) is 0 Å². The van der Waals surface area contributed by atoms with E-state index in [2.05, 4.69) is 14.7 Å². The van der Waals surface area contributed by atoms with E-state index in [1.54, 1.807) is 6.92 Å². The van der Waals surface area contributed by atoms with Gasteiger partial charge in [0.2, 0.25) is 0 Å². The van der Waals surface area contributed by atoms with Gasteiger partial charge in [-0.1, -0.05) is 0 Å². The van der Waals surface area contributed by atoms with Crippen LogP contribution in [0.25, 0.3) is 0 Å². The van der Waals surface area contributed by atoms with Crippen molar-refractivity contribution in [1.82, 2.24) is 9.97 Å². The molecule has 8 heteroatoms. The topological polar surface area (TPSA) is 35.0 Å². The highest BCUT2D eigenvalue weighted by Crippen LogP contribution is 2.23. The van der Waals surface area contributed by atoms with Crippen LogP contribution in [-0.4, -0.2) is 28.9 Å². The fraction of sp³-hybridized carbons (Fsp3) is 0.600. The standard InChI is InChI=1S/C10H11ClF4N2O/c1-6-3-16-8(17-7(6)2-11)4-18-5-10(14,15)9(12)13/h3,9H,2,4-5H2,1H3. The van der Waals surface area contributed by atoms with E-state index >= 15 is 0 Å². The van der Waals surface area contributed by atoms with E-state index < -0.39 is 19.0 Å². The lowest BCUT2D eigenvalue weighted by Gasteiger charge is -2.14. The Morgan fingerprint density at radius 3 is 2.67 bits per heavy atom. The van der Waals surface area contributed by atoms with Crippen molar-refractivity contribution in [2.75, 3.05) is 6.61 Å². The predicted octanol–water partition coefficient (Wildman–Crippen LogP) is 2.94. The van der Waals surface area contributed by atoms with Gasteiger partial charge in [-0.2, -0.15) is 8.78 Å². The zero-order valence-corrected chi connectivity index (χ0v) is 10.2. The summed E-state index contributed by atoms with van der Waals surface area (Å²) < 4.78 is 53.2. The summed E-state index contributed by atoms with van der Waals surface area (Å²) in [5.41, 5.74) is 1.30. The molecular weight excluding hydrogens is 276 g/mol. The minimum atomic E-state index is -4.17. The van der Waals surface area contributed by atoms with Gasteiger partial charge in [0.1, 0.15) is 13.2 Å². The Bertz CT molecular complexity index is 403. The molecule has 0 fully saturated rings. The summed E-state index contributed by atoms with van der Waals surface area (Å²) >= 11 is 5.60. The van der Waals surface area contributed by atoms with Crippen LogP contribution in [0.15, 0.2) is 6.20 Å². The van der Waals surface area contributed by atoms with E-state index in [1.165, 1.54) is 6.20 Å². The fourth-order valence-corrected chi connectivity index (χ4v) is 1.34. The number of hydrogen-bond donors (Lipinski definition) is 0. The molecule has 0 aliphatic carbocycles. The molecule has 18 heavy (non-hydrogen) atoms. The Morgan fingerprint density at radius 2 is 2.11 bits per heavy atom. The summed E-state index contributed by atoms with van der Waals surface area (Å²) in [5.74, 6) is -3.89. The quantitative estimate of drug-likeness (QED) is 0.596. The lowest BCUT2D eigenvalue weighted by molar-refractivity contribution is -0.168. The molecule has 1 rings (SSSR count). The average molecular weight is 287 g/mol. The molecule has 0 spiro atoms. The predicted molar refractivity (Wildman–Crippen MR) is 56.9 cm³/mol. The molecule has 0 saturated heterocycles. The molecule has 0 bridgehead atoms. The summed E-state index contributed by atoms with van der Waals surface area (Å²) in [5, 5.41) is 0. The Hall–Kier alpha value is -0.950. The third-order valence-electron chi connectivity index (χ3n) is 2.10. The number of nitrogens with zero attached hydrogens (tertiary/aromatic N) is 2. The molecule has 0 N–H and O–H groups in total. The molecule has 0 radical (unpaired) electrons. The second kappa shape index (κ2) is 6.29. The van der Waals surface area contributed by atoms with Crippen molar-refractivity contribution in [3.8, 4) is 0 Å². The number of hydrogen-bond acceptors (Lipinski definition) is 3. The van der Waals surface area contributed by atoms with Gasteiger partial charge in [0, 0.05) is 6.20 Å². The molecule has 0 atom stereocenters. The van der Waals surface area contributed by atoms with E-state index in [4.69, 9.17) is 11.6 Å². The third kappa shape index (κ3) is 4.06. The Balaban J connectivity index is 2.54. The molecule has 1 aromatic heterocycles. The van der Waals surface area contributed by atoms with Gasteiger partial charge in [0.25, 0.3) is 0 Å². The van der Waals surface area contributed by atoms with Crippen LogP contribution >= 0.6 is 11.6 Å². The first-order chi connectivity index (χ1) is 8.36. The van der Waals surface area contributed by atoms with E-state index in [0.29, 0.717) is 5.69 Å². The van der Waals surface area contributed by atoms with Gasteiger partial charge < -0.3 is 4.74 Å². The maximum atomic E-state index is 12.5. The normalized spacial score (nSPS) is 12.2. The Labute approximate surface area is 106 Å². The van der Waals surface area contributed by atoms with Crippen molar-refractivity contribution in [1.29, 1.82) is 0 Å². The molecule has 0 saturated carbocycles. The summed E-state index contributed by atoms with van der Waals surface area (Å²) in [6.07, 6.45) is -2.29. The van der Waals surface area contributed by atoms with Gasteiger partial charge in [-0.15, -0.1) is 11.6 Å². The number of alkyl halides is 5. The van der Waals surface area contributed by atoms with Crippen molar-refractivity contribution in [2.45, 2.75) is 31.8 Å². The maximum absolute atomic E-state index is 12.5.